The number of carboxylic acids is 1. The number of rotatable bonds is 3. The predicted octanol–water partition coefficient (Wildman–Crippen LogP) is -0.478. The van der Waals surface area contributed by atoms with Crippen molar-refractivity contribution in [2.24, 2.45) is 5.73 Å². The lowest BCUT2D eigenvalue weighted by Crippen LogP contribution is -2.32. The highest BCUT2D eigenvalue weighted by Gasteiger charge is 2.11. The van der Waals surface area contributed by atoms with Crippen LogP contribution >= 0.6 is 0 Å². The molecule has 0 aliphatic carbocycles. The second kappa shape index (κ2) is 5.21. The molecule has 1 rings (SSSR count). The quantitative estimate of drug-likeness (QED) is 0.609. The third-order valence-electron chi connectivity index (χ3n) is 1.71. The van der Waals surface area contributed by atoms with Crippen molar-refractivity contribution in [2.45, 2.75) is 12.5 Å². The van der Waals surface area contributed by atoms with E-state index in [9.17, 15) is 4.79 Å². The molecule has 5 heteroatoms. The number of phenols is 1. The van der Waals surface area contributed by atoms with Gasteiger partial charge in [-0.1, -0.05) is 12.1 Å². The van der Waals surface area contributed by atoms with Crippen LogP contribution in [-0.4, -0.2) is 27.7 Å². The van der Waals surface area contributed by atoms with E-state index in [1.54, 1.807) is 12.1 Å². The number of carboxylic acid groups (broad SMARTS) is 1. The number of phenolic OH excluding ortho intramolecular Hbond substituents is 1. The molecule has 0 spiro atoms. The summed E-state index contributed by atoms with van der Waals surface area (Å²) in [7, 11) is 0. The maximum atomic E-state index is 10.4. The van der Waals surface area contributed by atoms with Gasteiger partial charge in [-0.25, -0.2) is 0 Å². The molecule has 0 saturated heterocycles. The zero-order valence-electron chi connectivity index (χ0n) is 7.47. The highest BCUT2D eigenvalue weighted by molar-refractivity contribution is 5.73. The third-order valence-corrected chi connectivity index (χ3v) is 1.71. The van der Waals surface area contributed by atoms with Crippen LogP contribution in [0.1, 0.15) is 5.56 Å². The maximum absolute atomic E-state index is 10.4. The SMILES string of the molecule is N[C@H](Cc1ccc(O)cc1)C(=O)O.O. The lowest BCUT2D eigenvalue weighted by Gasteiger charge is -2.05. The summed E-state index contributed by atoms with van der Waals surface area (Å²) in [5, 5.41) is 17.5. The molecule has 0 fully saturated rings. The second-order valence-corrected chi connectivity index (χ2v) is 2.82. The van der Waals surface area contributed by atoms with Crippen LogP contribution in [0.25, 0.3) is 0 Å². The van der Waals surface area contributed by atoms with E-state index >= 15 is 0 Å². The molecule has 0 saturated carbocycles. The van der Waals surface area contributed by atoms with Crippen molar-refractivity contribution < 1.29 is 20.5 Å². The zero-order chi connectivity index (χ0) is 9.84. The van der Waals surface area contributed by atoms with E-state index < -0.39 is 12.0 Å². The standard InChI is InChI=1S/C9H11NO3.H2O/c10-8(9(12)13)5-6-1-3-7(11)4-2-6;/h1-4,8,11H,5,10H2,(H,12,13);1H2/t8-;/m1./s1. The fourth-order valence-electron chi connectivity index (χ4n) is 0.973. The summed E-state index contributed by atoms with van der Waals surface area (Å²) in [4.78, 5) is 10.4. The van der Waals surface area contributed by atoms with Gasteiger partial charge in [-0.05, 0) is 24.1 Å². The number of aromatic hydroxyl groups is 1. The molecule has 0 aliphatic heterocycles. The Labute approximate surface area is 81.1 Å². The largest absolute Gasteiger partial charge is 0.508 e. The van der Waals surface area contributed by atoms with Gasteiger partial charge in [-0.2, -0.15) is 0 Å². The minimum atomic E-state index is -1.02. The van der Waals surface area contributed by atoms with Crippen LogP contribution in [0, 0.1) is 0 Å². The Balaban J connectivity index is 0.00000169. The van der Waals surface area contributed by atoms with Gasteiger partial charge in [-0.15, -0.1) is 0 Å². The smallest absolute Gasteiger partial charge is 0.320 e. The Morgan fingerprint density at radius 1 is 1.36 bits per heavy atom. The van der Waals surface area contributed by atoms with Crippen molar-refractivity contribution in [3.63, 3.8) is 0 Å². The molecule has 0 heterocycles. The predicted molar refractivity (Wildman–Crippen MR) is 51.0 cm³/mol. The Morgan fingerprint density at radius 2 is 1.86 bits per heavy atom. The molecular formula is C9H13NO4. The fraction of sp³-hybridized carbons (Fsp3) is 0.222. The first-order valence-electron chi connectivity index (χ1n) is 3.86. The van der Waals surface area contributed by atoms with Crippen molar-refractivity contribution in [1.82, 2.24) is 0 Å². The van der Waals surface area contributed by atoms with Gasteiger partial charge >= 0.3 is 5.97 Å². The summed E-state index contributed by atoms with van der Waals surface area (Å²) in [6, 6.07) is 5.42. The van der Waals surface area contributed by atoms with Crippen LogP contribution in [0.3, 0.4) is 0 Å². The van der Waals surface area contributed by atoms with E-state index in [1.165, 1.54) is 12.1 Å². The summed E-state index contributed by atoms with van der Waals surface area (Å²) in [5.74, 6) is -0.860. The van der Waals surface area contributed by atoms with Gasteiger partial charge in [0.15, 0.2) is 0 Å². The van der Waals surface area contributed by atoms with Gasteiger partial charge in [0.25, 0.3) is 0 Å². The zero-order valence-corrected chi connectivity index (χ0v) is 7.47. The summed E-state index contributed by atoms with van der Waals surface area (Å²) in [6.07, 6.45) is 0.273. The van der Waals surface area contributed by atoms with Crippen LogP contribution in [0.2, 0.25) is 0 Å². The summed E-state index contributed by atoms with van der Waals surface area (Å²) in [5.41, 5.74) is 6.12. The van der Waals surface area contributed by atoms with Gasteiger partial charge in [0.1, 0.15) is 11.8 Å². The number of carbonyl (C=O) groups is 1. The third kappa shape index (κ3) is 3.42. The molecule has 1 aromatic rings. The molecular weight excluding hydrogens is 186 g/mol. The van der Waals surface area contributed by atoms with E-state index in [0.29, 0.717) is 0 Å². The maximum Gasteiger partial charge on any atom is 0.320 e. The highest BCUT2D eigenvalue weighted by atomic mass is 16.4. The Kier molecular flexibility index (Phi) is 4.62. The van der Waals surface area contributed by atoms with E-state index in [-0.39, 0.29) is 17.6 Å². The molecule has 1 aromatic carbocycles. The Hall–Kier alpha value is -1.59. The second-order valence-electron chi connectivity index (χ2n) is 2.82. The normalized spacial score (nSPS) is 11.5. The average Bonchev–Trinajstić information content (AvgIpc) is 2.08. The molecule has 6 N–H and O–H groups in total. The highest BCUT2D eigenvalue weighted by Crippen LogP contribution is 2.10. The molecule has 0 aromatic heterocycles. The van der Waals surface area contributed by atoms with Gasteiger partial charge in [0.05, 0.1) is 0 Å². The molecule has 78 valence electrons. The van der Waals surface area contributed by atoms with Crippen LogP contribution in [0.4, 0.5) is 0 Å². The molecule has 0 bridgehead atoms. The number of nitrogens with two attached hydrogens (primary N) is 1. The number of hydrogen-bond acceptors (Lipinski definition) is 3. The molecule has 14 heavy (non-hydrogen) atoms. The first kappa shape index (κ1) is 12.4. The van der Waals surface area contributed by atoms with Gasteiger partial charge in [-0.3, -0.25) is 4.79 Å². The summed E-state index contributed by atoms with van der Waals surface area (Å²) < 4.78 is 0. The Morgan fingerprint density at radius 3 is 2.29 bits per heavy atom. The van der Waals surface area contributed by atoms with E-state index in [2.05, 4.69) is 0 Å². The minimum Gasteiger partial charge on any atom is -0.508 e. The number of benzene rings is 1. The average molecular weight is 199 g/mol. The lowest BCUT2D eigenvalue weighted by molar-refractivity contribution is -0.138. The number of aliphatic carboxylic acids is 1. The van der Waals surface area contributed by atoms with Crippen LogP contribution in [0.15, 0.2) is 24.3 Å². The lowest BCUT2D eigenvalue weighted by atomic mass is 10.1. The number of hydrogen-bond donors (Lipinski definition) is 3. The van der Waals surface area contributed by atoms with E-state index in [0.717, 1.165) is 5.56 Å². The Bertz CT molecular complexity index is 296. The van der Waals surface area contributed by atoms with Crippen LogP contribution in [0.5, 0.6) is 5.75 Å². The van der Waals surface area contributed by atoms with E-state index in [4.69, 9.17) is 15.9 Å². The topological polar surface area (TPSA) is 115 Å². The van der Waals surface area contributed by atoms with Crippen molar-refractivity contribution in [1.29, 1.82) is 0 Å². The van der Waals surface area contributed by atoms with E-state index in [1.807, 2.05) is 0 Å². The van der Waals surface area contributed by atoms with Crippen molar-refractivity contribution in [3.8, 4) is 5.75 Å². The fourth-order valence-corrected chi connectivity index (χ4v) is 0.973. The summed E-state index contributed by atoms with van der Waals surface area (Å²) in [6.45, 7) is 0. The monoisotopic (exact) mass is 199 g/mol. The van der Waals surface area contributed by atoms with Gasteiger partial charge < -0.3 is 21.4 Å². The molecule has 1 atom stereocenters. The molecule has 0 unspecified atom stereocenters. The first-order valence-corrected chi connectivity index (χ1v) is 3.86. The molecule has 0 radical (unpaired) electrons. The van der Waals surface area contributed by atoms with Crippen LogP contribution < -0.4 is 5.73 Å². The molecule has 0 amide bonds. The molecule has 0 aliphatic rings. The van der Waals surface area contributed by atoms with Gasteiger partial charge in [0.2, 0.25) is 0 Å². The van der Waals surface area contributed by atoms with Crippen molar-refractivity contribution in [2.75, 3.05) is 0 Å². The molecule has 5 nitrogen and oxygen atoms in total. The summed E-state index contributed by atoms with van der Waals surface area (Å²) >= 11 is 0. The van der Waals surface area contributed by atoms with Crippen molar-refractivity contribution in [3.05, 3.63) is 29.8 Å². The minimum absolute atomic E-state index is 0. The first-order chi connectivity index (χ1) is 6.09. The van der Waals surface area contributed by atoms with Crippen molar-refractivity contribution >= 4 is 5.97 Å². The van der Waals surface area contributed by atoms with Gasteiger partial charge in [0, 0.05) is 0 Å². The van der Waals surface area contributed by atoms with Crippen LogP contribution in [-0.2, 0) is 11.2 Å².